The molecule has 0 unspecified atom stereocenters. The molecule has 0 fully saturated rings. The highest BCUT2D eigenvalue weighted by molar-refractivity contribution is 8.04. The van der Waals surface area contributed by atoms with Crippen LogP contribution in [0.5, 0.6) is 0 Å². The van der Waals surface area contributed by atoms with Gasteiger partial charge in [0.2, 0.25) is 0 Å². The molecule has 1 aliphatic rings. The molecule has 5 rings (SSSR count). The van der Waals surface area contributed by atoms with Crippen LogP contribution < -0.4 is 0 Å². The molecule has 2 heterocycles. The molecule has 1 N–H and O–H groups in total. The molecule has 2 amide bonds. The second kappa shape index (κ2) is 8.75. The Bertz CT molecular complexity index is 1400. The molecule has 33 heavy (non-hydrogen) atoms. The average Bonchev–Trinajstić information content (AvgIpc) is 3.32. The Balaban J connectivity index is 1.49. The Labute approximate surface area is 197 Å². The number of para-hydroxylation sites is 1. The lowest BCUT2D eigenvalue weighted by Crippen LogP contribution is -2.33. The second-order valence-corrected chi connectivity index (χ2v) is 9.39. The second-order valence-electron chi connectivity index (χ2n) is 8.31. The number of benzene rings is 3. The minimum Gasteiger partial charge on any atom is -0.361 e. The summed E-state index contributed by atoms with van der Waals surface area (Å²) in [6.45, 7) is 4.36. The molecule has 0 spiro atoms. The van der Waals surface area contributed by atoms with Crippen molar-refractivity contribution in [3.05, 3.63) is 106 Å². The van der Waals surface area contributed by atoms with Crippen molar-refractivity contribution >= 4 is 40.1 Å². The highest BCUT2D eigenvalue weighted by Gasteiger charge is 2.39. The fourth-order valence-corrected chi connectivity index (χ4v) is 5.39. The van der Waals surface area contributed by atoms with E-state index in [1.165, 1.54) is 16.7 Å². The van der Waals surface area contributed by atoms with Crippen molar-refractivity contribution in [1.82, 2.24) is 9.88 Å². The Kier molecular flexibility index (Phi) is 5.65. The summed E-state index contributed by atoms with van der Waals surface area (Å²) in [6, 6.07) is 23.8. The smallest absolute Gasteiger partial charge is 0.268 e. The summed E-state index contributed by atoms with van der Waals surface area (Å²) >= 11 is 1.37. The van der Waals surface area contributed by atoms with Gasteiger partial charge in [0.05, 0.1) is 10.5 Å². The number of thioether (sulfide) groups is 1. The van der Waals surface area contributed by atoms with E-state index in [0.717, 1.165) is 38.1 Å². The number of amides is 2. The van der Waals surface area contributed by atoms with Crippen LogP contribution >= 0.6 is 11.8 Å². The number of hydrogen-bond donors (Lipinski definition) is 1. The third-order valence-electron chi connectivity index (χ3n) is 6.02. The fourth-order valence-electron chi connectivity index (χ4n) is 4.36. The largest absolute Gasteiger partial charge is 0.361 e. The van der Waals surface area contributed by atoms with Crippen molar-refractivity contribution in [2.45, 2.75) is 25.2 Å². The summed E-state index contributed by atoms with van der Waals surface area (Å²) in [5.41, 5.74) is 5.61. The van der Waals surface area contributed by atoms with E-state index in [1.807, 2.05) is 80.7 Å². The van der Waals surface area contributed by atoms with E-state index in [1.54, 1.807) is 0 Å². The summed E-state index contributed by atoms with van der Waals surface area (Å²) in [4.78, 5) is 33.2. The molecular formula is C28H24N2O2S. The van der Waals surface area contributed by atoms with Crippen LogP contribution in [0.15, 0.2) is 88.8 Å². The Morgan fingerprint density at radius 2 is 1.64 bits per heavy atom. The van der Waals surface area contributed by atoms with Crippen LogP contribution in [0.4, 0.5) is 0 Å². The van der Waals surface area contributed by atoms with Crippen molar-refractivity contribution in [2.24, 2.45) is 0 Å². The number of aromatic amines is 1. The zero-order valence-electron chi connectivity index (χ0n) is 18.6. The van der Waals surface area contributed by atoms with Gasteiger partial charge in [-0.1, -0.05) is 71.9 Å². The minimum atomic E-state index is -0.219. The summed E-state index contributed by atoms with van der Waals surface area (Å²) in [5.74, 6) is -0.436. The van der Waals surface area contributed by atoms with Crippen molar-refractivity contribution in [3.8, 4) is 0 Å². The normalized spacial score (nSPS) is 14.1. The molecular weight excluding hydrogens is 428 g/mol. The predicted molar refractivity (Wildman–Crippen MR) is 134 cm³/mol. The number of H-pyrrole nitrogens is 1. The average molecular weight is 453 g/mol. The molecule has 0 aliphatic carbocycles. The number of aromatic nitrogens is 1. The third-order valence-corrected chi connectivity index (χ3v) is 7.11. The fraction of sp³-hybridized carbons (Fsp3) is 0.143. The van der Waals surface area contributed by atoms with Gasteiger partial charge in [0.15, 0.2) is 0 Å². The number of nitrogens with zero attached hydrogens (tertiary/aromatic N) is 1. The number of carbonyl (C=O) groups is 2. The van der Waals surface area contributed by atoms with E-state index in [4.69, 9.17) is 0 Å². The molecule has 0 saturated heterocycles. The van der Waals surface area contributed by atoms with Gasteiger partial charge in [-0.3, -0.25) is 14.5 Å². The van der Waals surface area contributed by atoms with Gasteiger partial charge in [-0.05, 0) is 55.2 Å². The number of fused-ring (bicyclic) bond motifs is 1. The maximum Gasteiger partial charge on any atom is 0.268 e. The van der Waals surface area contributed by atoms with Gasteiger partial charge in [-0.25, -0.2) is 0 Å². The molecule has 5 heteroatoms. The minimum absolute atomic E-state index is 0.217. The van der Waals surface area contributed by atoms with Crippen LogP contribution in [0.25, 0.3) is 16.5 Å². The van der Waals surface area contributed by atoms with Crippen LogP contribution in [0.3, 0.4) is 0 Å². The topological polar surface area (TPSA) is 53.2 Å². The zero-order valence-corrected chi connectivity index (χ0v) is 19.4. The maximum absolute atomic E-state index is 13.6. The van der Waals surface area contributed by atoms with Gasteiger partial charge >= 0.3 is 0 Å². The van der Waals surface area contributed by atoms with Gasteiger partial charge in [-0.2, -0.15) is 0 Å². The van der Waals surface area contributed by atoms with Crippen LogP contribution in [0, 0.1) is 13.8 Å². The first kappa shape index (κ1) is 21.3. The van der Waals surface area contributed by atoms with Crippen molar-refractivity contribution in [3.63, 3.8) is 0 Å². The number of rotatable bonds is 6. The zero-order chi connectivity index (χ0) is 22.9. The first-order valence-corrected chi connectivity index (χ1v) is 11.8. The molecule has 0 saturated carbocycles. The molecule has 4 aromatic rings. The molecule has 1 aliphatic heterocycles. The quantitative estimate of drug-likeness (QED) is 0.371. The lowest BCUT2D eigenvalue weighted by atomic mass is 9.99. The van der Waals surface area contributed by atoms with Crippen LogP contribution in [0.1, 0.15) is 22.3 Å². The van der Waals surface area contributed by atoms with Crippen LogP contribution in [-0.4, -0.2) is 28.2 Å². The van der Waals surface area contributed by atoms with Gasteiger partial charge in [0, 0.05) is 28.5 Å². The van der Waals surface area contributed by atoms with E-state index in [-0.39, 0.29) is 11.8 Å². The Morgan fingerprint density at radius 1 is 0.879 bits per heavy atom. The van der Waals surface area contributed by atoms with E-state index in [2.05, 4.69) is 17.1 Å². The first-order valence-electron chi connectivity index (χ1n) is 11.0. The van der Waals surface area contributed by atoms with Crippen molar-refractivity contribution in [2.75, 3.05) is 6.54 Å². The lowest BCUT2D eigenvalue weighted by Gasteiger charge is -2.15. The number of nitrogens with one attached hydrogen (secondary N) is 1. The standard InChI is InChI=1S/C28H24N2O2S/c1-18-12-13-22(19(2)16-18)25-26(33-21-8-4-3-5-9-21)28(32)30(27(25)31)15-14-20-17-29-24-11-7-6-10-23(20)24/h3-13,16-17,29H,14-15H2,1-2H3. The van der Waals surface area contributed by atoms with Gasteiger partial charge < -0.3 is 4.98 Å². The Morgan fingerprint density at radius 3 is 2.42 bits per heavy atom. The van der Waals surface area contributed by atoms with E-state index < -0.39 is 0 Å². The van der Waals surface area contributed by atoms with Crippen LogP contribution in [-0.2, 0) is 16.0 Å². The summed E-state index contributed by atoms with van der Waals surface area (Å²) in [5, 5.41) is 1.12. The first-order chi connectivity index (χ1) is 16.0. The summed E-state index contributed by atoms with van der Waals surface area (Å²) < 4.78 is 0. The van der Waals surface area contributed by atoms with E-state index in [9.17, 15) is 9.59 Å². The van der Waals surface area contributed by atoms with Crippen molar-refractivity contribution in [1.29, 1.82) is 0 Å². The lowest BCUT2D eigenvalue weighted by molar-refractivity contribution is -0.136. The molecule has 0 atom stereocenters. The molecule has 0 bridgehead atoms. The van der Waals surface area contributed by atoms with Crippen LogP contribution in [0.2, 0.25) is 0 Å². The molecule has 0 radical (unpaired) electrons. The predicted octanol–water partition coefficient (Wildman–Crippen LogP) is 5.90. The summed E-state index contributed by atoms with van der Waals surface area (Å²) in [6.07, 6.45) is 2.57. The highest BCUT2D eigenvalue weighted by Crippen LogP contribution is 2.40. The number of imide groups is 1. The molecule has 4 nitrogen and oxygen atoms in total. The summed E-state index contributed by atoms with van der Waals surface area (Å²) in [7, 11) is 0. The monoisotopic (exact) mass is 452 g/mol. The number of hydrogen-bond acceptors (Lipinski definition) is 3. The van der Waals surface area contributed by atoms with Gasteiger partial charge in [0.1, 0.15) is 0 Å². The Hall–Kier alpha value is -3.57. The third kappa shape index (κ3) is 4.00. The molecule has 164 valence electrons. The highest BCUT2D eigenvalue weighted by atomic mass is 32.2. The van der Waals surface area contributed by atoms with E-state index >= 15 is 0 Å². The molecule has 1 aromatic heterocycles. The maximum atomic E-state index is 13.6. The van der Waals surface area contributed by atoms with E-state index in [0.29, 0.717) is 23.4 Å². The molecule has 3 aromatic carbocycles. The number of carbonyl (C=O) groups excluding carboxylic acids is 2. The van der Waals surface area contributed by atoms with Gasteiger partial charge in [-0.15, -0.1) is 0 Å². The number of aryl methyl sites for hydroxylation is 2. The van der Waals surface area contributed by atoms with Gasteiger partial charge in [0.25, 0.3) is 11.8 Å². The SMILES string of the molecule is Cc1ccc(C2=C(Sc3ccccc3)C(=O)N(CCc3c[nH]c4ccccc34)C2=O)c(C)c1. The van der Waals surface area contributed by atoms with Crippen molar-refractivity contribution < 1.29 is 9.59 Å².